The smallest absolute Gasteiger partial charge is 0.377 e. The first kappa shape index (κ1) is 18.8. The van der Waals surface area contributed by atoms with Crippen LogP contribution in [0.15, 0.2) is 0 Å². The van der Waals surface area contributed by atoms with E-state index in [9.17, 15) is 13.2 Å². The number of halogens is 3. The van der Waals surface area contributed by atoms with Gasteiger partial charge in [-0.2, -0.15) is 13.2 Å². The summed E-state index contributed by atoms with van der Waals surface area (Å²) in [4.78, 5) is 0. The molecule has 1 rings (SSSR count). The number of hydrogen-bond donors (Lipinski definition) is 1. The molecule has 1 aliphatic carbocycles. The molecule has 0 bridgehead atoms. The topological polar surface area (TPSA) is 35.2 Å². The van der Waals surface area contributed by atoms with Gasteiger partial charge in [-0.25, -0.2) is 0 Å². The standard InChI is InChI=1S/C16H30F3NO/c17-16(18,19)12-9-13-21-15-11-8-6-4-2-1-3-5-7-10-14(15)20/h14-15H,1-13,20H2. The van der Waals surface area contributed by atoms with E-state index in [1.807, 2.05) is 0 Å². The Balaban J connectivity index is 2.31. The van der Waals surface area contributed by atoms with Crippen molar-refractivity contribution in [2.45, 2.75) is 95.4 Å². The van der Waals surface area contributed by atoms with E-state index < -0.39 is 12.6 Å². The molecule has 5 heteroatoms. The monoisotopic (exact) mass is 309 g/mol. The summed E-state index contributed by atoms with van der Waals surface area (Å²) < 4.78 is 42.0. The quantitative estimate of drug-likeness (QED) is 0.745. The fourth-order valence-electron chi connectivity index (χ4n) is 2.90. The molecule has 126 valence electrons. The predicted octanol–water partition coefficient (Wildman–Crippen LogP) is 4.96. The highest BCUT2D eigenvalue weighted by molar-refractivity contribution is 4.74. The second kappa shape index (κ2) is 10.4. The number of hydrogen-bond acceptors (Lipinski definition) is 2. The molecule has 0 spiro atoms. The van der Waals surface area contributed by atoms with Gasteiger partial charge in [-0.05, 0) is 19.3 Å². The molecule has 0 aromatic rings. The van der Waals surface area contributed by atoms with Crippen molar-refractivity contribution in [3.05, 3.63) is 0 Å². The maximum atomic E-state index is 12.1. The van der Waals surface area contributed by atoms with Crippen LogP contribution in [0.1, 0.15) is 77.0 Å². The number of nitrogens with two attached hydrogens (primary N) is 1. The molecule has 2 N–H and O–H groups in total. The van der Waals surface area contributed by atoms with E-state index in [1.54, 1.807) is 0 Å². The van der Waals surface area contributed by atoms with Gasteiger partial charge >= 0.3 is 6.18 Å². The molecule has 0 saturated heterocycles. The van der Waals surface area contributed by atoms with Crippen LogP contribution in [0, 0.1) is 0 Å². The Morgan fingerprint density at radius 1 is 0.857 bits per heavy atom. The highest BCUT2D eigenvalue weighted by Crippen LogP contribution is 2.22. The summed E-state index contributed by atoms with van der Waals surface area (Å²) in [6.45, 7) is 0.165. The molecule has 2 nitrogen and oxygen atoms in total. The zero-order chi connectivity index (χ0) is 15.6. The van der Waals surface area contributed by atoms with E-state index in [-0.39, 0.29) is 25.2 Å². The number of ether oxygens (including phenoxy) is 1. The minimum absolute atomic E-state index is 0.0321. The van der Waals surface area contributed by atoms with Gasteiger partial charge in [0.1, 0.15) is 0 Å². The normalized spacial score (nSPS) is 26.9. The van der Waals surface area contributed by atoms with Gasteiger partial charge in [0.05, 0.1) is 6.10 Å². The third kappa shape index (κ3) is 10.1. The summed E-state index contributed by atoms with van der Waals surface area (Å²) in [7, 11) is 0. The van der Waals surface area contributed by atoms with E-state index in [2.05, 4.69) is 0 Å². The summed E-state index contributed by atoms with van der Waals surface area (Å²) in [5, 5.41) is 0. The molecule has 2 unspecified atom stereocenters. The van der Waals surface area contributed by atoms with Gasteiger partial charge in [0.15, 0.2) is 0 Å². The first-order valence-electron chi connectivity index (χ1n) is 8.43. The summed E-state index contributed by atoms with van der Waals surface area (Å²) in [5.41, 5.74) is 6.18. The van der Waals surface area contributed by atoms with Gasteiger partial charge in [0.2, 0.25) is 0 Å². The summed E-state index contributed by atoms with van der Waals surface area (Å²) in [6.07, 6.45) is 6.58. The lowest BCUT2D eigenvalue weighted by atomic mass is 9.96. The van der Waals surface area contributed by atoms with E-state index in [4.69, 9.17) is 10.5 Å². The van der Waals surface area contributed by atoms with Crippen LogP contribution in [0.4, 0.5) is 13.2 Å². The van der Waals surface area contributed by atoms with Crippen LogP contribution in [0.5, 0.6) is 0 Å². The third-order valence-corrected chi connectivity index (χ3v) is 4.19. The van der Waals surface area contributed by atoms with Gasteiger partial charge in [0, 0.05) is 19.1 Å². The van der Waals surface area contributed by atoms with Crippen LogP contribution in [0.3, 0.4) is 0 Å². The Morgan fingerprint density at radius 2 is 1.38 bits per heavy atom. The van der Waals surface area contributed by atoms with Crippen molar-refractivity contribution in [3.8, 4) is 0 Å². The molecule has 0 aliphatic heterocycles. The average molecular weight is 309 g/mol. The van der Waals surface area contributed by atoms with E-state index in [0.29, 0.717) is 0 Å². The van der Waals surface area contributed by atoms with Crippen LogP contribution in [-0.4, -0.2) is 24.9 Å². The minimum Gasteiger partial charge on any atom is -0.377 e. The predicted molar refractivity (Wildman–Crippen MR) is 79.2 cm³/mol. The lowest BCUT2D eigenvalue weighted by molar-refractivity contribution is -0.139. The Bertz CT molecular complexity index is 258. The van der Waals surface area contributed by atoms with Gasteiger partial charge in [-0.1, -0.05) is 51.4 Å². The first-order chi connectivity index (χ1) is 9.99. The molecule has 1 fully saturated rings. The number of alkyl halides is 3. The maximum absolute atomic E-state index is 12.1. The fourth-order valence-corrected chi connectivity index (χ4v) is 2.90. The molecule has 0 radical (unpaired) electrons. The lowest BCUT2D eigenvalue weighted by Crippen LogP contribution is -2.37. The zero-order valence-electron chi connectivity index (χ0n) is 13.0. The first-order valence-corrected chi connectivity index (χ1v) is 8.43. The Kier molecular flexibility index (Phi) is 9.32. The van der Waals surface area contributed by atoms with Crippen LogP contribution in [0.25, 0.3) is 0 Å². The molecular weight excluding hydrogens is 279 g/mol. The SMILES string of the molecule is NC1CCCCCCCCCCC1OCCCC(F)(F)F. The second-order valence-corrected chi connectivity index (χ2v) is 6.20. The molecule has 0 aromatic carbocycles. The molecule has 0 aromatic heterocycles. The Labute approximate surface area is 126 Å². The Hall–Kier alpha value is -0.290. The molecule has 2 atom stereocenters. The summed E-state index contributed by atoms with van der Waals surface area (Å²) in [5.74, 6) is 0. The van der Waals surface area contributed by atoms with Gasteiger partial charge in [-0.15, -0.1) is 0 Å². The van der Waals surface area contributed by atoms with Crippen LogP contribution in [0.2, 0.25) is 0 Å². The van der Waals surface area contributed by atoms with E-state index >= 15 is 0 Å². The van der Waals surface area contributed by atoms with Crippen LogP contribution < -0.4 is 5.73 Å². The van der Waals surface area contributed by atoms with E-state index in [0.717, 1.165) is 25.7 Å². The molecular formula is C16H30F3NO. The second-order valence-electron chi connectivity index (χ2n) is 6.20. The molecule has 0 heterocycles. The van der Waals surface area contributed by atoms with Crippen molar-refractivity contribution in [1.82, 2.24) is 0 Å². The average Bonchev–Trinajstić information content (AvgIpc) is 2.40. The van der Waals surface area contributed by atoms with Gasteiger partial charge in [0.25, 0.3) is 0 Å². The van der Waals surface area contributed by atoms with Crippen molar-refractivity contribution in [2.75, 3.05) is 6.61 Å². The zero-order valence-corrected chi connectivity index (χ0v) is 13.0. The van der Waals surface area contributed by atoms with Gasteiger partial charge in [-0.3, -0.25) is 0 Å². The van der Waals surface area contributed by atoms with Crippen molar-refractivity contribution in [2.24, 2.45) is 5.73 Å². The van der Waals surface area contributed by atoms with Crippen molar-refractivity contribution >= 4 is 0 Å². The maximum Gasteiger partial charge on any atom is 0.389 e. The molecule has 1 saturated carbocycles. The lowest BCUT2D eigenvalue weighted by Gasteiger charge is -2.25. The summed E-state index contributed by atoms with van der Waals surface area (Å²) in [6, 6.07) is -0.0321. The van der Waals surface area contributed by atoms with Gasteiger partial charge < -0.3 is 10.5 Å². The molecule has 21 heavy (non-hydrogen) atoms. The molecule has 1 aliphatic rings. The van der Waals surface area contributed by atoms with Crippen LogP contribution >= 0.6 is 0 Å². The van der Waals surface area contributed by atoms with Crippen molar-refractivity contribution in [1.29, 1.82) is 0 Å². The third-order valence-electron chi connectivity index (χ3n) is 4.19. The highest BCUT2D eigenvalue weighted by atomic mass is 19.4. The minimum atomic E-state index is -4.09. The van der Waals surface area contributed by atoms with Crippen molar-refractivity contribution < 1.29 is 17.9 Å². The summed E-state index contributed by atoms with van der Waals surface area (Å²) >= 11 is 0. The Morgan fingerprint density at radius 3 is 1.95 bits per heavy atom. The highest BCUT2D eigenvalue weighted by Gasteiger charge is 2.26. The largest absolute Gasteiger partial charge is 0.389 e. The van der Waals surface area contributed by atoms with E-state index in [1.165, 1.54) is 38.5 Å². The molecule has 0 amide bonds. The van der Waals surface area contributed by atoms with Crippen molar-refractivity contribution in [3.63, 3.8) is 0 Å². The fraction of sp³-hybridized carbons (Fsp3) is 1.00. The van der Waals surface area contributed by atoms with Crippen LogP contribution in [-0.2, 0) is 4.74 Å². The number of rotatable bonds is 4.